The summed E-state index contributed by atoms with van der Waals surface area (Å²) < 4.78 is 0. The van der Waals surface area contributed by atoms with E-state index >= 15 is 0 Å². The normalized spacial score (nSPS) is 16.0. The number of aryl methyl sites for hydroxylation is 1. The summed E-state index contributed by atoms with van der Waals surface area (Å²) in [4.78, 5) is 14.4. The van der Waals surface area contributed by atoms with Crippen LogP contribution in [0.3, 0.4) is 0 Å². The minimum atomic E-state index is 0.611. The Morgan fingerprint density at radius 1 is 1.26 bits per heavy atom. The van der Waals surface area contributed by atoms with Gasteiger partial charge in [-0.05, 0) is 31.2 Å². The highest BCUT2D eigenvalue weighted by Crippen LogP contribution is 2.19. The number of benzene rings is 1. The van der Waals surface area contributed by atoms with Crippen LogP contribution < -0.4 is 10.6 Å². The molecule has 1 aromatic heterocycles. The van der Waals surface area contributed by atoms with Crippen molar-refractivity contribution in [3.05, 3.63) is 45.4 Å². The number of nitrogens with zero attached hydrogens (tertiary/aromatic N) is 4. The van der Waals surface area contributed by atoms with E-state index in [9.17, 15) is 0 Å². The smallest absolute Gasteiger partial charge is 0.191 e. The molecule has 5 nitrogen and oxygen atoms in total. The van der Waals surface area contributed by atoms with E-state index in [1.54, 1.807) is 11.3 Å². The Hall–Kier alpha value is -1.79. The average Bonchev–Trinajstić information content (AvgIpc) is 2.99. The maximum atomic E-state index is 6.14. The summed E-state index contributed by atoms with van der Waals surface area (Å²) in [7, 11) is 0. The van der Waals surface area contributed by atoms with Crippen LogP contribution in [0.2, 0.25) is 5.02 Å². The molecule has 0 saturated carbocycles. The summed E-state index contributed by atoms with van der Waals surface area (Å²) in [6, 6.07) is 7.97. The third-order valence-electron chi connectivity index (χ3n) is 4.02. The highest BCUT2D eigenvalue weighted by Gasteiger charge is 2.18. The number of thiazole rings is 1. The lowest BCUT2D eigenvalue weighted by Gasteiger charge is -2.36. The van der Waals surface area contributed by atoms with Gasteiger partial charge in [0.1, 0.15) is 0 Å². The maximum Gasteiger partial charge on any atom is 0.191 e. The maximum absolute atomic E-state index is 6.14. The van der Waals surface area contributed by atoms with Crippen molar-refractivity contribution < 1.29 is 0 Å². The number of aromatic nitrogens is 1. The Labute approximate surface area is 145 Å². The number of guanidine groups is 1. The van der Waals surface area contributed by atoms with Crippen LogP contribution in [0.15, 0.2) is 34.8 Å². The van der Waals surface area contributed by atoms with Gasteiger partial charge in [-0.15, -0.1) is 11.3 Å². The molecule has 122 valence electrons. The molecule has 2 aromatic rings. The Bertz CT molecular complexity index is 674. The molecule has 0 aliphatic carbocycles. The van der Waals surface area contributed by atoms with Gasteiger partial charge in [-0.1, -0.05) is 11.6 Å². The molecular weight excluding hydrogens is 330 g/mol. The average molecular weight is 350 g/mol. The molecule has 2 heterocycles. The molecule has 7 heteroatoms. The van der Waals surface area contributed by atoms with Crippen LogP contribution in [0.25, 0.3) is 0 Å². The van der Waals surface area contributed by atoms with E-state index in [4.69, 9.17) is 17.3 Å². The van der Waals surface area contributed by atoms with Crippen molar-refractivity contribution >= 4 is 34.6 Å². The monoisotopic (exact) mass is 349 g/mol. The van der Waals surface area contributed by atoms with Crippen LogP contribution in [-0.4, -0.2) is 42.0 Å². The van der Waals surface area contributed by atoms with Gasteiger partial charge in [0.2, 0.25) is 0 Å². The molecule has 1 aliphatic rings. The molecular formula is C16H20ClN5S. The number of hydrogen-bond acceptors (Lipinski definition) is 4. The third-order valence-corrected chi connectivity index (χ3v) is 5.20. The zero-order chi connectivity index (χ0) is 16.2. The Balaban J connectivity index is 1.55. The number of piperazine rings is 1. The molecule has 0 unspecified atom stereocenters. The van der Waals surface area contributed by atoms with E-state index < -0.39 is 0 Å². The van der Waals surface area contributed by atoms with Crippen LogP contribution in [0.5, 0.6) is 0 Å². The summed E-state index contributed by atoms with van der Waals surface area (Å²) >= 11 is 7.57. The summed E-state index contributed by atoms with van der Waals surface area (Å²) in [5, 5.41) is 0.766. The van der Waals surface area contributed by atoms with Crippen molar-refractivity contribution in [3.63, 3.8) is 0 Å². The minimum Gasteiger partial charge on any atom is -0.370 e. The van der Waals surface area contributed by atoms with E-state index in [1.165, 1.54) is 10.6 Å². The summed E-state index contributed by atoms with van der Waals surface area (Å²) in [5.41, 5.74) is 10.2. The van der Waals surface area contributed by atoms with Crippen molar-refractivity contribution in [2.75, 3.05) is 31.1 Å². The molecule has 0 amide bonds. The lowest BCUT2D eigenvalue weighted by Crippen LogP contribution is -2.51. The first-order valence-corrected chi connectivity index (χ1v) is 8.83. The number of hydrogen-bond donors (Lipinski definition) is 1. The first-order valence-electron chi connectivity index (χ1n) is 7.58. The predicted molar refractivity (Wildman–Crippen MR) is 97.4 cm³/mol. The van der Waals surface area contributed by atoms with Crippen molar-refractivity contribution in [2.45, 2.75) is 13.5 Å². The molecule has 0 bridgehead atoms. The number of halogens is 1. The molecule has 0 spiro atoms. The van der Waals surface area contributed by atoms with Crippen molar-refractivity contribution in [1.82, 2.24) is 9.88 Å². The molecule has 1 aliphatic heterocycles. The van der Waals surface area contributed by atoms with E-state index in [2.05, 4.69) is 31.9 Å². The molecule has 1 aromatic carbocycles. The van der Waals surface area contributed by atoms with E-state index in [-0.39, 0.29) is 0 Å². The van der Waals surface area contributed by atoms with Crippen molar-refractivity contribution in [2.24, 2.45) is 10.7 Å². The Morgan fingerprint density at radius 2 is 1.96 bits per heavy atom. The fraction of sp³-hybridized carbons (Fsp3) is 0.375. The highest BCUT2D eigenvalue weighted by molar-refractivity contribution is 7.09. The standard InChI is InChI=1S/C16H20ClN5S/c1-12-15(23-11-20-12)10-19-16(18)22-8-6-21(7-9-22)14-4-2-13(17)3-5-14/h2-5,11H,6-10H2,1H3,(H2,18,19). The zero-order valence-electron chi connectivity index (χ0n) is 13.1. The fourth-order valence-electron chi connectivity index (χ4n) is 2.58. The molecule has 0 radical (unpaired) electrons. The van der Waals surface area contributed by atoms with Gasteiger partial charge >= 0.3 is 0 Å². The van der Waals surface area contributed by atoms with Gasteiger partial charge in [0.25, 0.3) is 0 Å². The van der Waals surface area contributed by atoms with Gasteiger partial charge < -0.3 is 15.5 Å². The fourth-order valence-corrected chi connectivity index (χ4v) is 3.40. The quantitative estimate of drug-likeness (QED) is 0.683. The first-order chi connectivity index (χ1) is 11.1. The molecule has 0 atom stereocenters. The molecule has 23 heavy (non-hydrogen) atoms. The number of rotatable bonds is 3. The molecule has 3 rings (SSSR count). The van der Waals surface area contributed by atoms with Crippen LogP contribution in [0.4, 0.5) is 5.69 Å². The van der Waals surface area contributed by atoms with Gasteiger partial charge in [0, 0.05) is 41.8 Å². The van der Waals surface area contributed by atoms with Gasteiger partial charge in [0.05, 0.1) is 17.7 Å². The lowest BCUT2D eigenvalue weighted by atomic mass is 10.2. The molecule has 2 N–H and O–H groups in total. The van der Waals surface area contributed by atoms with Gasteiger partial charge in [-0.2, -0.15) is 0 Å². The van der Waals surface area contributed by atoms with Gasteiger partial charge in [-0.3, -0.25) is 0 Å². The van der Waals surface area contributed by atoms with E-state index in [0.717, 1.165) is 36.9 Å². The predicted octanol–water partition coefficient (Wildman–Crippen LogP) is 2.74. The van der Waals surface area contributed by atoms with Gasteiger partial charge in [0.15, 0.2) is 5.96 Å². The second-order valence-electron chi connectivity index (χ2n) is 5.49. The number of aliphatic imine (C=N–C) groups is 1. The largest absolute Gasteiger partial charge is 0.370 e. The summed E-state index contributed by atoms with van der Waals surface area (Å²) in [6.07, 6.45) is 0. The second-order valence-corrected chi connectivity index (χ2v) is 6.86. The van der Waals surface area contributed by atoms with E-state index in [0.29, 0.717) is 12.5 Å². The second kappa shape index (κ2) is 7.19. The van der Waals surface area contributed by atoms with Gasteiger partial charge in [-0.25, -0.2) is 9.98 Å². The van der Waals surface area contributed by atoms with Crippen LogP contribution in [0.1, 0.15) is 10.6 Å². The van der Waals surface area contributed by atoms with Crippen LogP contribution in [-0.2, 0) is 6.54 Å². The third kappa shape index (κ3) is 3.95. The Kier molecular flexibility index (Phi) is 5.03. The SMILES string of the molecule is Cc1ncsc1CN=C(N)N1CCN(c2ccc(Cl)cc2)CC1. The number of nitrogens with two attached hydrogens (primary N) is 1. The topological polar surface area (TPSA) is 57.8 Å². The summed E-state index contributed by atoms with van der Waals surface area (Å²) in [5.74, 6) is 0.619. The number of anilines is 1. The van der Waals surface area contributed by atoms with E-state index in [1.807, 2.05) is 24.6 Å². The Morgan fingerprint density at radius 3 is 2.57 bits per heavy atom. The lowest BCUT2D eigenvalue weighted by molar-refractivity contribution is 0.381. The van der Waals surface area contributed by atoms with Crippen molar-refractivity contribution in [1.29, 1.82) is 0 Å². The highest BCUT2D eigenvalue weighted by atomic mass is 35.5. The molecule has 1 fully saturated rings. The molecule has 1 saturated heterocycles. The first kappa shape index (κ1) is 16.1. The van der Waals surface area contributed by atoms with Crippen LogP contribution in [0, 0.1) is 6.92 Å². The minimum absolute atomic E-state index is 0.611. The van der Waals surface area contributed by atoms with Crippen LogP contribution >= 0.6 is 22.9 Å². The van der Waals surface area contributed by atoms with Crippen molar-refractivity contribution in [3.8, 4) is 0 Å². The summed E-state index contributed by atoms with van der Waals surface area (Å²) in [6.45, 7) is 6.22. The zero-order valence-corrected chi connectivity index (χ0v) is 14.6.